The number of nitrogens with two attached hydrogens (primary N) is 1. The number of hydrogen-bond acceptors (Lipinski definition) is 3. The third-order valence-electron chi connectivity index (χ3n) is 2.12. The molecule has 1 amide bonds. The number of amides is 1. The Bertz CT molecular complexity index is 156. The van der Waals surface area contributed by atoms with E-state index in [2.05, 4.69) is 0 Å². The molecule has 1 fully saturated rings. The zero-order chi connectivity index (χ0) is 8.97. The second-order valence-corrected chi connectivity index (χ2v) is 3.26. The molecule has 1 saturated heterocycles. The molecule has 1 rings (SSSR count). The summed E-state index contributed by atoms with van der Waals surface area (Å²) in [4.78, 5) is 15.2. The monoisotopic (exact) mass is 171 g/mol. The highest BCUT2D eigenvalue weighted by Gasteiger charge is 2.20. The van der Waals surface area contributed by atoms with Crippen LogP contribution in [0.5, 0.6) is 0 Å². The molecule has 0 saturated carbocycles. The zero-order valence-electron chi connectivity index (χ0n) is 7.62. The molecule has 0 radical (unpaired) electrons. The molecule has 1 aliphatic heterocycles. The number of carbonyl (C=O) groups is 1. The summed E-state index contributed by atoms with van der Waals surface area (Å²) in [5, 5.41) is 0. The first kappa shape index (κ1) is 9.48. The Labute approximate surface area is 73.3 Å². The summed E-state index contributed by atoms with van der Waals surface area (Å²) in [6.45, 7) is 3.80. The lowest BCUT2D eigenvalue weighted by Gasteiger charge is -2.32. The molecule has 12 heavy (non-hydrogen) atoms. The molecule has 2 N–H and O–H groups in total. The SMILES string of the molecule is CN(CCN)CC(=O)N1CCC1. The van der Waals surface area contributed by atoms with E-state index in [0.29, 0.717) is 13.1 Å². The van der Waals surface area contributed by atoms with Crippen LogP contribution in [0.3, 0.4) is 0 Å². The highest BCUT2D eigenvalue weighted by Crippen LogP contribution is 2.05. The highest BCUT2D eigenvalue weighted by molar-refractivity contribution is 5.78. The quantitative estimate of drug-likeness (QED) is 0.597. The van der Waals surface area contributed by atoms with E-state index in [-0.39, 0.29) is 5.91 Å². The minimum atomic E-state index is 0.234. The first-order chi connectivity index (χ1) is 5.74. The molecular formula is C8H17N3O. The van der Waals surface area contributed by atoms with Crippen molar-refractivity contribution in [1.82, 2.24) is 9.80 Å². The molecular weight excluding hydrogens is 154 g/mol. The number of rotatable bonds is 4. The van der Waals surface area contributed by atoms with Crippen LogP contribution >= 0.6 is 0 Å². The molecule has 0 bridgehead atoms. The van der Waals surface area contributed by atoms with Gasteiger partial charge in [-0.2, -0.15) is 0 Å². The average molecular weight is 171 g/mol. The molecule has 0 aromatic rings. The third kappa shape index (κ3) is 2.46. The van der Waals surface area contributed by atoms with Crippen molar-refractivity contribution in [3.05, 3.63) is 0 Å². The summed E-state index contributed by atoms with van der Waals surface area (Å²) in [6, 6.07) is 0. The van der Waals surface area contributed by atoms with Gasteiger partial charge in [0, 0.05) is 26.2 Å². The van der Waals surface area contributed by atoms with Gasteiger partial charge >= 0.3 is 0 Å². The van der Waals surface area contributed by atoms with Crippen LogP contribution in [-0.4, -0.2) is 55.5 Å². The van der Waals surface area contributed by atoms with E-state index in [1.807, 2.05) is 16.8 Å². The van der Waals surface area contributed by atoms with Gasteiger partial charge in [-0.3, -0.25) is 9.69 Å². The summed E-state index contributed by atoms with van der Waals surface area (Å²) < 4.78 is 0. The van der Waals surface area contributed by atoms with Crippen molar-refractivity contribution in [3.63, 3.8) is 0 Å². The summed E-state index contributed by atoms with van der Waals surface area (Å²) in [6.07, 6.45) is 1.16. The predicted molar refractivity (Wildman–Crippen MR) is 47.7 cm³/mol. The van der Waals surface area contributed by atoms with Gasteiger partial charge < -0.3 is 10.6 Å². The van der Waals surface area contributed by atoms with Gasteiger partial charge in [0.05, 0.1) is 6.54 Å². The number of likely N-dealkylation sites (N-methyl/N-ethyl adjacent to an activating group) is 1. The van der Waals surface area contributed by atoms with Crippen molar-refractivity contribution in [2.24, 2.45) is 5.73 Å². The summed E-state index contributed by atoms with van der Waals surface area (Å²) in [5.74, 6) is 0.234. The maximum absolute atomic E-state index is 11.4. The predicted octanol–water partition coefficient (Wildman–Crippen LogP) is -0.891. The molecule has 4 nitrogen and oxygen atoms in total. The normalized spacial score (nSPS) is 16.4. The van der Waals surface area contributed by atoms with Crippen LogP contribution < -0.4 is 5.73 Å². The van der Waals surface area contributed by atoms with Crippen molar-refractivity contribution in [2.75, 3.05) is 39.8 Å². The van der Waals surface area contributed by atoms with Gasteiger partial charge in [-0.1, -0.05) is 0 Å². The number of likely N-dealkylation sites (tertiary alicyclic amines) is 1. The highest BCUT2D eigenvalue weighted by atomic mass is 16.2. The first-order valence-corrected chi connectivity index (χ1v) is 4.40. The van der Waals surface area contributed by atoms with Crippen molar-refractivity contribution < 1.29 is 4.79 Å². The topological polar surface area (TPSA) is 49.6 Å². The summed E-state index contributed by atoms with van der Waals surface area (Å²) in [7, 11) is 1.92. The maximum Gasteiger partial charge on any atom is 0.236 e. The van der Waals surface area contributed by atoms with Crippen LogP contribution in [0.2, 0.25) is 0 Å². The Morgan fingerprint density at radius 1 is 1.58 bits per heavy atom. The van der Waals surface area contributed by atoms with Crippen LogP contribution in [0.1, 0.15) is 6.42 Å². The average Bonchev–Trinajstić information content (AvgIpc) is 1.82. The van der Waals surface area contributed by atoms with Crippen LogP contribution in [-0.2, 0) is 4.79 Å². The molecule has 0 aliphatic carbocycles. The second kappa shape index (κ2) is 4.42. The Morgan fingerprint density at radius 2 is 2.25 bits per heavy atom. The van der Waals surface area contributed by atoms with E-state index in [0.717, 1.165) is 26.1 Å². The van der Waals surface area contributed by atoms with E-state index in [1.54, 1.807) is 0 Å². The van der Waals surface area contributed by atoms with Gasteiger partial charge in [-0.25, -0.2) is 0 Å². The maximum atomic E-state index is 11.4. The Balaban J connectivity index is 2.15. The number of hydrogen-bond donors (Lipinski definition) is 1. The zero-order valence-corrected chi connectivity index (χ0v) is 7.62. The van der Waals surface area contributed by atoms with Crippen LogP contribution in [0, 0.1) is 0 Å². The lowest BCUT2D eigenvalue weighted by molar-refractivity contribution is -0.135. The van der Waals surface area contributed by atoms with E-state index in [9.17, 15) is 4.79 Å². The molecule has 0 aromatic heterocycles. The summed E-state index contributed by atoms with van der Waals surface area (Å²) >= 11 is 0. The lowest BCUT2D eigenvalue weighted by atomic mass is 10.2. The molecule has 4 heteroatoms. The van der Waals surface area contributed by atoms with Gasteiger partial charge in [0.25, 0.3) is 0 Å². The Kier molecular flexibility index (Phi) is 3.49. The molecule has 1 aliphatic rings. The molecule has 0 aromatic carbocycles. The second-order valence-electron chi connectivity index (χ2n) is 3.26. The van der Waals surface area contributed by atoms with Crippen molar-refractivity contribution in [3.8, 4) is 0 Å². The van der Waals surface area contributed by atoms with Crippen LogP contribution in [0.25, 0.3) is 0 Å². The van der Waals surface area contributed by atoms with Crippen molar-refractivity contribution >= 4 is 5.91 Å². The van der Waals surface area contributed by atoms with E-state index in [1.165, 1.54) is 0 Å². The van der Waals surface area contributed by atoms with E-state index in [4.69, 9.17) is 5.73 Å². The molecule has 0 atom stereocenters. The fourth-order valence-electron chi connectivity index (χ4n) is 1.20. The number of nitrogens with zero attached hydrogens (tertiary/aromatic N) is 2. The Hall–Kier alpha value is -0.610. The van der Waals surface area contributed by atoms with Gasteiger partial charge in [0.2, 0.25) is 5.91 Å². The fraction of sp³-hybridized carbons (Fsp3) is 0.875. The molecule has 1 heterocycles. The van der Waals surface area contributed by atoms with E-state index >= 15 is 0 Å². The van der Waals surface area contributed by atoms with Crippen LogP contribution in [0.15, 0.2) is 0 Å². The smallest absolute Gasteiger partial charge is 0.236 e. The molecule has 0 unspecified atom stereocenters. The fourth-order valence-corrected chi connectivity index (χ4v) is 1.20. The standard InChI is InChI=1S/C8H17N3O/c1-10(6-3-9)7-8(12)11-4-2-5-11/h2-7,9H2,1H3. The van der Waals surface area contributed by atoms with Gasteiger partial charge in [0.1, 0.15) is 0 Å². The van der Waals surface area contributed by atoms with Gasteiger partial charge in [-0.05, 0) is 13.5 Å². The van der Waals surface area contributed by atoms with Gasteiger partial charge in [-0.15, -0.1) is 0 Å². The lowest BCUT2D eigenvalue weighted by Crippen LogP contribution is -2.47. The minimum absolute atomic E-state index is 0.234. The third-order valence-corrected chi connectivity index (χ3v) is 2.12. The first-order valence-electron chi connectivity index (χ1n) is 4.40. The summed E-state index contributed by atoms with van der Waals surface area (Å²) in [5.41, 5.74) is 5.36. The molecule has 0 spiro atoms. The van der Waals surface area contributed by atoms with Gasteiger partial charge in [0.15, 0.2) is 0 Å². The largest absolute Gasteiger partial charge is 0.341 e. The Morgan fingerprint density at radius 3 is 2.67 bits per heavy atom. The number of carbonyl (C=O) groups excluding carboxylic acids is 1. The van der Waals surface area contributed by atoms with Crippen LogP contribution in [0.4, 0.5) is 0 Å². The van der Waals surface area contributed by atoms with Crippen molar-refractivity contribution in [1.29, 1.82) is 0 Å². The van der Waals surface area contributed by atoms with E-state index < -0.39 is 0 Å². The minimum Gasteiger partial charge on any atom is -0.341 e. The molecule has 70 valence electrons. The van der Waals surface area contributed by atoms with Crippen molar-refractivity contribution in [2.45, 2.75) is 6.42 Å².